The molecule has 5 heteroatoms. The van der Waals surface area contributed by atoms with Crippen LogP contribution in [0.1, 0.15) is 10.6 Å². The van der Waals surface area contributed by atoms with Gasteiger partial charge in [-0.05, 0) is 29.0 Å². The van der Waals surface area contributed by atoms with Crippen LogP contribution in [-0.4, -0.2) is 16.9 Å². The van der Waals surface area contributed by atoms with Gasteiger partial charge in [0.15, 0.2) is 5.69 Å². The second kappa shape index (κ2) is 7.46. The summed E-state index contributed by atoms with van der Waals surface area (Å²) in [6, 6.07) is 27.8. The fraction of sp³-hybridized carbons (Fsp3) is 0.0741. The molecular formula is C27H20N3O2+. The first kappa shape index (κ1) is 18.5. The number of carbonyl (C=O) groups is 1. The number of hydrogen-bond donors (Lipinski definition) is 1. The van der Waals surface area contributed by atoms with E-state index in [1.54, 1.807) is 10.8 Å². The smallest absolute Gasteiger partial charge is 0.359 e. The van der Waals surface area contributed by atoms with Crippen LogP contribution in [0.15, 0.2) is 102 Å². The lowest BCUT2D eigenvalue weighted by molar-refractivity contribution is -0.551. The number of furan rings is 1. The largest absolute Gasteiger partial charge is 0.469 e. The molecule has 0 amide bonds. The van der Waals surface area contributed by atoms with Crippen molar-refractivity contribution in [3.05, 3.63) is 103 Å². The highest BCUT2D eigenvalue weighted by Gasteiger charge is 2.41. The van der Waals surface area contributed by atoms with Gasteiger partial charge >= 0.3 is 11.7 Å². The van der Waals surface area contributed by atoms with Gasteiger partial charge in [0, 0.05) is 11.1 Å². The van der Waals surface area contributed by atoms with Crippen LogP contribution >= 0.6 is 0 Å². The monoisotopic (exact) mass is 418 g/mol. The lowest BCUT2D eigenvalue weighted by Gasteiger charge is -2.08. The lowest BCUT2D eigenvalue weighted by Crippen LogP contribution is -2.43. The van der Waals surface area contributed by atoms with Crippen LogP contribution in [0, 0.1) is 0 Å². The van der Waals surface area contributed by atoms with Gasteiger partial charge in [-0.15, -0.1) is 0 Å². The first-order chi connectivity index (χ1) is 15.8. The van der Waals surface area contributed by atoms with Gasteiger partial charge in [-0.1, -0.05) is 66.7 Å². The fourth-order valence-electron chi connectivity index (χ4n) is 4.26. The summed E-state index contributed by atoms with van der Waals surface area (Å²) in [7, 11) is 0. The molecule has 3 aromatic carbocycles. The number of aromatic nitrogens is 2. The van der Waals surface area contributed by atoms with E-state index in [0.717, 1.165) is 33.7 Å². The molecule has 2 aromatic heterocycles. The van der Waals surface area contributed by atoms with Crippen LogP contribution in [0.25, 0.3) is 33.3 Å². The number of nitrogens with one attached hydrogen (secondary N) is 1. The Morgan fingerprint density at radius 1 is 0.875 bits per heavy atom. The Bertz CT molecular complexity index is 1440. The van der Waals surface area contributed by atoms with Crippen molar-refractivity contribution in [3.63, 3.8) is 0 Å². The van der Waals surface area contributed by atoms with E-state index >= 15 is 0 Å². The summed E-state index contributed by atoms with van der Waals surface area (Å²) in [6.45, 7) is 0. The Hall–Kier alpha value is -4.25. The summed E-state index contributed by atoms with van der Waals surface area (Å²) in [6.07, 6.45) is 3.93. The Kier molecular flexibility index (Phi) is 4.32. The van der Waals surface area contributed by atoms with Gasteiger partial charge in [0.05, 0.1) is 12.7 Å². The second-order valence-corrected chi connectivity index (χ2v) is 7.94. The molecule has 6 rings (SSSR count). The van der Waals surface area contributed by atoms with Crippen molar-refractivity contribution in [2.24, 2.45) is 0 Å². The number of fused-ring (bicyclic) bond motifs is 2. The van der Waals surface area contributed by atoms with Crippen LogP contribution in [0.5, 0.6) is 0 Å². The molecule has 0 bridgehead atoms. The minimum atomic E-state index is -0.409. The van der Waals surface area contributed by atoms with Gasteiger partial charge in [0.2, 0.25) is 6.04 Å². The quantitative estimate of drug-likeness (QED) is 0.411. The van der Waals surface area contributed by atoms with E-state index < -0.39 is 6.04 Å². The highest BCUT2D eigenvalue weighted by Crippen LogP contribution is 2.32. The van der Waals surface area contributed by atoms with Gasteiger partial charge in [-0.25, -0.2) is 9.78 Å². The molecule has 154 valence electrons. The van der Waals surface area contributed by atoms with Crippen molar-refractivity contribution < 1.29 is 13.8 Å². The molecule has 32 heavy (non-hydrogen) atoms. The normalized spacial score (nSPS) is 15.0. The minimum Gasteiger partial charge on any atom is -0.469 e. The number of anilines is 1. The Morgan fingerprint density at radius 2 is 1.69 bits per heavy atom. The SMILES string of the molecule is O=C1C(Cc2ccco2)Nc2c(-c3ccc4ccccc4c3)nc(-c3ccccc3)c[n+]21. The van der Waals surface area contributed by atoms with E-state index in [0.29, 0.717) is 12.2 Å². The van der Waals surface area contributed by atoms with Gasteiger partial charge in [-0.3, -0.25) is 5.32 Å². The van der Waals surface area contributed by atoms with Crippen LogP contribution in [0.4, 0.5) is 5.82 Å². The topological polar surface area (TPSA) is 59.0 Å². The average Bonchev–Trinajstić information content (AvgIpc) is 3.47. The molecule has 0 spiro atoms. The van der Waals surface area contributed by atoms with E-state index in [4.69, 9.17) is 9.40 Å². The lowest BCUT2D eigenvalue weighted by atomic mass is 10.0. The van der Waals surface area contributed by atoms with Gasteiger partial charge in [-0.2, -0.15) is 4.57 Å². The molecule has 0 fully saturated rings. The summed E-state index contributed by atoms with van der Waals surface area (Å²) in [4.78, 5) is 18.3. The molecule has 1 unspecified atom stereocenters. The van der Waals surface area contributed by atoms with Crippen molar-refractivity contribution in [2.45, 2.75) is 12.5 Å². The number of carbonyl (C=O) groups excluding carboxylic acids is 1. The summed E-state index contributed by atoms with van der Waals surface area (Å²) in [5.74, 6) is 1.47. The number of hydrogen-bond acceptors (Lipinski definition) is 4. The predicted octanol–water partition coefficient (Wildman–Crippen LogP) is 5.13. The predicted molar refractivity (Wildman–Crippen MR) is 123 cm³/mol. The molecule has 5 nitrogen and oxygen atoms in total. The number of rotatable bonds is 4. The highest BCUT2D eigenvalue weighted by atomic mass is 16.3. The molecule has 5 aromatic rings. The maximum atomic E-state index is 13.3. The minimum absolute atomic E-state index is 0.0157. The Balaban J connectivity index is 1.51. The van der Waals surface area contributed by atoms with Gasteiger partial charge in [0.25, 0.3) is 0 Å². The van der Waals surface area contributed by atoms with Crippen molar-refractivity contribution in [1.29, 1.82) is 0 Å². The number of nitrogens with zero attached hydrogens (tertiary/aromatic N) is 2. The zero-order chi connectivity index (χ0) is 21.5. The summed E-state index contributed by atoms with van der Waals surface area (Å²) >= 11 is 0. The maximum Gasteiger partial charge on any atom is 0.359 e. The number of benzene rings is 3. The maximum absolute atomic E-state index is 13.3. The van der Waals surface area contributed by atoms with Crippen LogP contribution in [0.3, 0.4) is 0 Å². The van der Waals surface area contributed by atoms with Crippen LogP contribution in [-0.2, 0) is 6.42 Å². The van der Waals surface area contributed by atoms with Crippen molar-refractivity contribution in [2.75, 3.05) is 5.32 Å². The Labute approximate surface area is 185 Å². The summed E-state index contributed by atoms with van der Waals surface area (Å²) in [5.41, 5.74) is 3.44. The third-order valence-corrected chi connectivity index (χ3v) is 5.87. The molecule has 1 atom stereocenters. The van der Waals surface area contributed by atoms with Crippen LogP contribution < -0.4 is 9.88 Å². The molecule has 3 heterocycles. The molecule has 1 aliphatic heterocycles. The summed E-state index contributed by atoms with van der Waals surface area (Å²) in [5, 5.41) is 5.71. The molecular weight excluding hydrogens is 398 g/mol. The van der Waals surface area contributed by atoms with E-state index in [-0.39, 0.29) is 5.91 Å². The van der Waals surface area contributed by atoms with Gasteiger partial charge < -0.3 is 4.42 Å². The summed E-state index contributed by atoms with van der Waals surface area (Å²) < 4.78 is 7.18. The third-order valence-electron chi connectivity index (χ3n) is 5.87. The van der Waals surface area contributed by atoms with E-state index in [2.05, 4.69) is 35.6 Å². The second-order valence-electron chi connectivity index (χ2n) is 7.94. The molecule has 1 N–H and O–H groups in total. The molecule has 0 aliphatic carbocycles. The molecule has 1 aliphatic rings. The zero-order valence-corrected chi connectivity index (χ0v) is 17.2. The van der Waals surface area contributed by atoms with Gasteiger partial charge in [0.1, 0.15) is 17.7 Å². The van der Waals surface area contributed by atoms with Crippen LogP contribution in [0.2, 0.25) is 0 Å². The molecule has 0 saturated heterocycles. The first-order valence-corrected chi connectivity index (χ1v) is 10.6. The third kappa shape index (κ3) is 3.15. The van der Waals surface area contributed by atoms with Crippen molar-refractivity contribution in [3.8, 4) is 22.5 Å². The van der Waals surface area contributed by atoms with Crippen molar-refractivity contribution >= 4 is 22.5 Å². The zero-order valence-electron chi connectivity index (χ0n) is 17.2. The molecule has 0 radical (unpaired) electrons. The van der Waals surface area contributed by atoms with E-state index in [1.807, 2.05) is 60.8 Å². The van der Waals surface area contributed by atoms with E-state index in [9.17, 15) is 4.79 Å². The standard InChI is InChI=1S/C27H19N3O2/c31-27-23(16-22-11-6-14-32-22)29-26-25(21-13-12-18-7-4-5-10-20(18)15-21)28-24(17-30(26)27)19-8-2-1-3-9-19/h1-15,17,23H,16H2/p+1. The average molecular weight is 418 g/mol. The van der Waals surface area contributed by atoms with Crippen molar-refractivity contribution in [1.82, 2.24) is 4.98 Å². The first-order valence-electron chi connectivity index (χ1n) is 10.6. The van der Waals surface area contributed by atoms with E-state index in [1.165, 1.54) is 5.39 Å². The Morgan fingerprint density at radius 3 is 2.50 bits per heavy atom. The molecule has 0 saturated carbocycles. The highest BCUT2D eigenvalue weighted by molar-refractivity contribution is 5.91. The fourth-order valence-corrected chi connectivity index (χ4v) is 4.26.